The summed E-state index contributed by atoms with van der Waals surface area (Å²) in [6.07, 6.45) is 5.78. The van der Waals surface area contributed by atoms with Gasteiger partial charge in [-0.1, -0.05) is 54.1 Å². The highest BCUT2D eigenvalue weighted by Gasteiger charge is 2.30. The molecule has 1 aliphatic carbocycles. The highest BCUT2D eigenvalue weighted by Crippen LogP contribution is 2.47. The monoisotopic (exact) mass is 859 g/mol. The fraction of sp³-hybridized carbons (Fsp3) is 0.298. The number of likely N-dealkylation sites (tertiary alicyclic amines) is 1. The lowest BCUT2D eigenvalue weighted by atomic mass is 9.87. The molecule has 1 saturated heterocycles. The number of hydrogen-bond acceptors (Lipinski definition) is 12. The number of carboxylic acids is 1. The molecule has 61 heavy (non-hydrogen) atoms. The zero-order valence-electron chi connectivity index (χ0n) is 34.2. The zero-order chi connectivity index (χ0) is 42.3. The fourth-order valence-corrected chi connectivity index (χ4v) is 8.78. The average Bonchev–Trinajstić information content (AvgIpc) is 3.97. The smallest absolute Gasteiger partial charge is 0.345 e. The normalized spacial score (nSPS) is 15.0. The first-order valence-corrected chi connectivity index (χ1v) is 21.4. The van der Waals surface area contributed by atoms with Crippen LogP contribution in [0.4, 0.5) is 0 Å². The maximum Gasteiger partial charge on any atom is 0.345 e. The van der Waals surface area contributed by atoms with Crippen molar-refractivity contribution in [1.82, 2.24) is 24.2 Å². The summed E-state index contributed by atoms with van der Waals surface area (Å²) in [5, 5.41) is 11.9. The van der Waals surface area contributed by atoms with Gasteiger partial charge in [0.25, 0.3) is 0 Å². The Morgan fingerprint density at radius 1 is 0.934 bits per heavy atom. The van der Waals surface area contributed by atoms with E-state index in [1.54, 1.807) is 38.7 Å². The third-order valence-corrected chi connectivity index (χ3v) is 12.2. The quantitative estimate of drug-likeness (QED) is 0.0935. The fourth-order valence-electron chi connectivity index (χ4n) is 7.82. The van der Waals surface area contributed by atoms with Gasteiger partial charge in [0, 0.05) is 42.9 Å². The van der Waals surface area contributed by atoms with Gasteiger partial charge in [-0.3, -0.25) is 9.88 Å². The van der Waals surface area contributed by atoms with Gasteiger partial charge in [0.15, 0.2) is 5.82 Å². The minimum atomic E-state index is -1.31. The number of rotatable bonds is 17. The summed E-state index contributed by atoms with van der Waals surface area (Å²) in [4.78, 5) is 29.6. The second-order valence-electron chi connectivity index (χ2n) is 14.8. The summed E-state index contributed by atoms with van der Waals surface area (Å²) in [6.45, 7) is 5.75. The Kier molecular flexibility index (Phi) is 13.1. The van der Waals surface area contributed by atoms with Crippen LogP contribution in [0.3, 0.4) is 0 Å². The molecule has 0 amide bonds. The van der Waals surface area contributed by atoms with E-state index >= 15 is 0 Å². The number of pyridine rings is 1. The van der Waals surface area contributed by atoms with Crippen molar-refractivity contribution in [2.24, 2.45) is 0 Å². The van der Waals surface area contributed by atoms with Gasteiger partial charge in [0.1, 0.15) is 36.2 Å². The van der Waals surface area contributed by atoms with Crippen molar-refractivity contribution in [2.45, 2.75) is 51.7 Å². The highest BCUT2D eigenvalue weighted by molar-refractivity contribution is 7.13. The Labute approximate surface area is 363 Å². The van der Waals surface area contributed by atoms with Crippen molar-refractivity contribution < 1.29 is 33.6 Å². The van der Waals surface area contributed by atoms with E-state index in [0.29, 0.717) is 69.9 Å². The van der Waals surface area contributed by atoms with Crippen LogP contribution in [0.25, 0.3) is 38.3 Å². The summed E-state index contributed by atoms with van der Waals surface area (Å²) in [5.74, 6) is 2.17. The predicted octanol–water partition coefficient (Wildman–Crippen LogP) is 9.62. The molecule has 3 aromatic heterocycles. The first-order valence-electron chi connectivity index (χ1n) is 20.2. The molecule has 4 heterocycles. The predicted molar refractivity (Wildman–Crippen MR) is 236 cm³/mol. The van der Waals surface area contributed by atoms with Crippen LogP contribution in [0.15, 0.2) is 108 Å². The summed E-state index contributed by atoms with van der Waals surface area (Å²) in [6, 6.07) is 24.3. The molecule has 1 aliphatic heterocycles. The van der Waals surface area contributed by atoms with Crippen molar-refractivity contribution >= 4 is 44.8 Å². The molecule has 2 aliphatic rings. The average molecular weight is 860 g/mol. The third kappa shape index (κ3) is 9.34. The van der Waals surface area contributed by atoms with Gasteiger partial charge >= 0.3 is 5.97 Å². The number of methoxy groups -OCH3 is 2. The van der Waals surface area contributed by atoms with E-state index in [-0.39, 0.29) is 18.9 Å². The van der Waals surface area contributed by atoms with E-state index < -0.39 is 12.1 Å². The van der Waals surface area contributed by atoms with E-state index in [4.69, 9.17) is 49.6 Å². The summed E-state index contributed by atoms with van der Waals surface area (Å²) >= 11 is 8.33. The number of carboxylic acid groups (broad SMARTS) is 1. The largest absolute Gasteiger partial charge is 0.497 e. The number of para-hydroxylation sites is 2. The van der Waals surface area contributed by atoms with E-state index in [0.717, 1.165) is 57.9 Å². The molecule has 8 rings (SSSR count). The Bertz CT molecular complexity index is 2610. The van der Waals surface area contributed by atoms with Gasteiger partial charge < -0.3 is 28.8 Å². The second-order valence-corrected chi connectivity index (χ2v) is 16.0. The number of halogens is 1. The van der Waals surface area contributed by atoms with Crippen LogP contribution in [0.1, 0.15) is 49.4 Å². The summed E-state index contributed by atoms with van der Waals surface area (Å²) in [5.41, 5.74) is 6.15. The number of nitrogens with zero attached hydrogens (tertiary/aromatic N) is 5. The maximum atomic E-state index is 13.0. The van der Waals surface area contributed by atoms with Crippen LogP contribution < -0.4 is 18.9 Å². The molecule has 0 bridgehead atoms. The molecule has 6 aromatic rings. The molecule has 3 aromatic carbocycles. The zero-order valence-corrected chi connectivity index (χ0v) is 35.8. The van der Waals surface area contributed by atoms with Crippen LogP contribution in [0.2, 0.25) is 0 Å². The van der Waals surface area contributed by atoms with Crippen molar-refractivity contribution in [2.75, 3.05) is 40.5 Å². The summed E-state index contributed by atoms with van der Waals surface area (Å²) in [7, 11) is 3.23. The summed E-state index contributed by atoms with van der Waals surface area (Å²) < 4.78 is 35.6. The lowest BCUT2D eigenvalue weighted by molar-refractivity contribution is -0.145. The number of allylic oxidation sites excluding steroid dienone is 4. The molecule has 0 spiro atoms. The van der Waals surface area contributed by atoms with E-state index in [1.165, 1.54) is 24.4 Å². The van der Waals surface area contributed by atoms with E-state index in [2.05, 4.69) is 9.88 Å². The van der Waals surface area contributed by atoms with Crippen LogP contribution in [-0.2, 0) is 22.6 Å². The molecule has 0 radical (unpaired) electrons. The SMILES string of the molecule is COc1cccc(-c2ncc3snc(O[C@H](Cc4ccccc4OCc4ccnc(-c5ccccc5OC)n4)C(=O)O)c3c2C2=C(C)C(Cl)=C(OCCN3CCCC3)CC2)c1. The molecule has 12 nitrogen and oxygen atoms in total. The molecular formula is C47H46ClN5O7S. The van der Waals surface area contributed by atoms with Crippen molar-refractivity contribution in [1.29, 1.82) is 0 Å². The van der Waals surface area contributed by atoms with Crippen molar-refractivity contribution in [3.8, 4) is 45.8 Å². The Hall–Kier alpha value is -6.02. The Balaban J connectivity index is 1.10. The number of fused-ring (bicyclic) bond motifs is 1. The number of ether oxygens (including phenoxy) is 5. The molecular weight excluding hydrogens is 814 g/mol. The molecule has 0 unspecified atom stereocenters. The minimum absolute atomic E-state index is 0.00165. The van der Waals surface area contributed by atoms with Crippen molar-refractivity contribution in [3.05, 3.63) is 124 Å². The van der Waals surface area contributed by atoms with Crippen LogP contribution in [0, 0.1) is 0 Å². The third-order valence-electron chi connectivity index (χ3n) is 11.0. The maximum absolute atomic E-state index is 13.0. The highest BCUT2D eigenvalue weighted by atomic mass is 35.5. The van der Waals surface area contributed by atoms with E-state index in [1.807, 2.05) is 73.7 Å². The van der Waals surface area contributed by atoms with Gasteiger partial charge in [0.2, 0.25) is 12.0 Å². The topological polar surface area (TPSA) is 138 Å². The van der Waals surface area contributed by atoms with Gasteiger partial charge in [-0.15, -0.1) is 0 Å². The van der Waals surface area contributed by atoms with Crippen LogP contribution in [-0.4, -0.2) is 81.9 Å². The standard InChI is InChI=1S/C47H46ClN5O7S/c1-29-34(17-18-38(43(29)48)58-24-23-53-21-8-9-22-53)41-42-40(27-50-44(41)31-12-10-13-33(25-31)56-2)61-52-46(42)60-39(47(54)55)26-30-11-4-6-15-36(30)59-28-32-19-20-49-45(51-32)35-14-5-7-16-37(35)57-3/h4-7,10-16,19-20,25,27,39H,8-9,17-18,21-24,26,28H2,1-3H3,(H,54,55)/t39-/m1/s1. The lowest BCUT2D eigenvalue weighted by Gasteiger charge is -2.25. The first kappa shape index (κ1) is 41.7. The number of aromatic nitrogens is 4. The number of hydrogen-bond donors (Lipinski definition) is 1. The Morgan fingerprint density at radius 2 is 1.74 bits per heavy atom. The molecule has 1 atom stereocenters. The molecule has 314 valence electrons. The van der Waals surface area contributed by atoms with Gasteiger partial charge in [-0.2, -0.15) is 4.37 Å². The number of benzene rings is 3. The second kappa shape index (κ2) is 19.1. The lowest BCUT2D eigenvalue weighted by Crippen LogP contribution is -2.29. The molecule has 0 saturated carbocycles. The molecule has 1 fully saturated rings. The van der Waals surface area contributed by atoms with Gasteiger partial charge in [-0.05, 0) is 104 Å². The molecule has 14 heteroatoms. The van der Waals surface area contributed by atoms with E-state index in [9.17, 15) is 9.90 Å². The Morgan fingerprint density at radius 3 is 2.54 bits per heavy atom. The molecule has 1 N–H and O–H groups in total. The number of carbonyl (C=O) groups is 1. The van der Waals surface area contributed by atoms with Crippen LogP contribution >= 0.6 is 23.1 Å². The minimum Gasteiger partial charge on any atom is -0.497 e. The number of aliphatic carboxylic acids is 1. The van der Waals surface area contributed by atoms with Crippen molar-refractivity contribution in [3.63, 3.8) is 0 Å². The van der Waals surface area contributed by atoms with Gasteiger partial charge in [0.05, 0.1) is 46.3 Å². The first-order chi connectivity index (χ1) is 29.8. The van der Waals surface area contributed by atoms with Gasteiger partial charge in [-0.25, -0.2) is 14.8 Å². The van der Waals surface area contributed by atoms with Crippen LogP contribution in [0.5, 0.6) is 23.1 Å².